The first-order valence-corrected chi connectivity index (χ1v) is 10.3. The van der Waals surface area contributed by atoms with Gasteiger partial charge in [-0.15, -0.1) is 11.3 Å². The van der Waals surface area contributed by atoms with Crippen LogP contribution >= 0.6 is 11.3 Å². The summed E-state index contributed by atoms with van der Waals surface area (Å²) in [4.78, 5) is 34.6. The molecule has 3 N–H and O–H groups in total. The number of amides is 1. The molecule has 6 nitrogen and oxygen atoms in total. The molecule has 3 atom stereocenters. The summed E-state index contributed by atoms with van der Waals surface area (Å²) in [7, 11) is 0. The van der Waals surface area contributed by atoms with Gasteiger partial charge in [0.05, 0.1) is 10.8 Å². The number of carbonyl (C=O) groups is 1. The lowest BCUT2D eigenvalue weighted by Crippen LogP contribution is -2.48. The quantitative estimate of drug-likeness (QED) is 0.749. The maximum Gasteiger partial charge on any atom is 0.259 e. The monoisotopic (exact) mass is 374 g/mol. The first-order valence-electron chi connectivity index (χ1n) is 9.48. The summed E-state index contributed by atoms with van der Waals surface area (Å²) in [6.45, 7) is 6.57. The number of H-pyrrole nitrogens is 1. The summed E-state index contributed by atoms with van der Waals surface area (Å²) in [6, 6.07) is 0.806. The average Bonchev–Trinajstić information content (AvgIpc) is 3.29. The molecule has 2 aliphatic rings. The zero-order chi connectivity index (χ0) is 18.5. The van der Waals surface area contributed by atoms with Crippen molar-refractivity contribution >= 4 is 27.5 Å². The Morgan fingerprint density at radius 3 is 2.85 bits per heavy atom. The van der Waals surface area contributed by atoms with Crippen LogP contribution in [0.5, 0.6) is 0 Å². The van der Waals surface area contributed by atoms with Crippen LogP contribution in [0, 0.1) is 19.3 Å². The molecule has 0 aromatic carbocycles. The van der Waals surface area contributed by atoms with Crippen molar-refractivity contribution in [1.29, 1.82) is 0 Å². The summed E-state index contributed by atoms with van der Waals surface area (Å²) in [5, 5.41) is 7.36. The Hall–Kier alpha value is -1.73. The van der Waals surface area contributed by atoms with Gasteiger partial charge in [-0.3, -0.25) is 9.59 Å². The number of aromatic nitrogens is 2. The van der Waals surface area contributed by atoms with Crippen LogP contribution in [0.15, 0.2) is 4.79 Å². The molecule has 0 aliphatic carbocycles. The number of carbonyl (C=O) groups excluding carboxylic acids is 1. The van der Waals surface area contributed by atoms with Crippen molar-refractivity contribution in [2.75, 3.05) is 6.54 Å². The van der Waals surface area contributed by atoms with Crippen molar-refractivity contribution in [3.8, 4) is 0 Å². The van der Waals surface area contributed by atoms with E-state index >= 15 is 0 Å². The van der Waals surface area contributed by atoms with Crippen molar-refractivity contribution in [3.63, 3.8) is 0 Å². The number of aryl methyl sites for hydroxylation is 2. The smallest absolute Gasteiger partial charge is 0.259 e. The molecule has 140 valence electrons. The largest absolute Gasteiger partial charge is 0.355 e. The van der Waals surface area contributed by atoms with Crippen molar-refractivity contribution in [1.82, 2.24) is 20.6 Å². The summed E-state index contributed by atoms with van der Waals surface area (Å²) in [5.74, 6) is 0.784. The van der Waals surface area contributed by atoms with Crippen molar-refractivity contribution in [3.05, 3.63) is 26.6 Å². The predicted molar refractivity (Wildman–Crippen MR) is 104 cm³/mol. The Bertz CT molecular complexity index is 918. The highest BCUT2D eigenvalue weighted by Crippen LogP contribution is 2.45. The van der Waals surface area contributed by atoms with Crippen LogP contribution in [0.3, 0.4) is 0 Å². The molecule has 0 saturated carbocycles. The minimum absolute atomic E-state index is 0.0829. The highest BCUT2D eigenvalue weighted by Gasteiger charge is 2.54. The molecule has 7 heteroatoms. The van der Waals surface area contributed by atoms with Crippen molar-refractivity contribution < 1.29 is 4.79 Å². The lowest BCUT2D eigenvalue weighted by Gasteiger charge is -2.34. The minimum atomic E-state index is -0.268. The van der Waals surface area contributed by atoms with Gasteiger partial charge >= 0.3 is 0 Å². The SMILES string of the molecule is CC[C@@]1(C(=O)NCCc2nc3sc(C)c(C)c3c(=O)[nH]2)C[C@@H]2CC[C@H]1N2. The molecular weight excluding hydrogens is 348 g/mol. The van der Waals surface area contributed by atoms with E-state index in [1.54, 1.807) is 11.3 Å². The standard InChI is InChI=1S/C19H26N4O2S/c1-4-19(9-12-5-6-13(19)21-12)18(25)20-8-7-14-22-16(24)15-10(2)11(3)26-17(15)23-14/h12-13,21H,4-9H2,1-3H3,(H,20,25)(H,22,23,24)/t12-,13+,19+/m0/s1. The van der Waals surface area contributed by atoms with Gasteiger partial charge in [0.15, 0.2) is 0 Å². The first-order chi connectivity index (χ1) is 12.4. The summed E-state index contributed by atoms with van der Waals surface area (Å²) in [6.07, 6.45) is 4.61. The molecule has 0 radical (unpaired) electrons. The third kappa shape index (κ3) is 2.68. The molecule has 26 heavy (non-hydrogen) atoms. The van der Waals surface area contributed by atoms with Crippen LogP contribution in [0.1, 0.15) is 48.9 Å². The minimum Gasteiger partial charge on any atom is -0.355 e. The number of thiophene rings is 1. The van der Waals surface area contributed by atoms with Crippen LogP contribution in [0.2, 0.25) is 0 Å². The molecule has 4 rings (SSSR count). The van der Waals surface area contributed by atoms with Crippen LogP contribution in [0.25, 0.3) is 10.2 Å². The van der Waals surface area contributed by atoms with Gasteiger partial charge < -0.3 is 15.6 Å². The third-order valence-corrected chi connectivity index (χ3v) is 7.44. The van der Waals surface area contributed by atoms with E-state index < -0.39 is 0 Å². The molecule has 0 spiro atoms. The fourth-order valence-corrected chi connectivity index (χ4v) is 5.74. The summed E-state index contributed by atoms with van der Waals surface area (Å²) >= 11 is 1.55. The molecule has 4 heterocycles. The average molecular weight is 375 g/mol. The Balaban J connectivity index is 1.44. The van der Waals surface area contributed by atoms with E-state index in [9.17, 15) is 9.59 Å². The third-order valence-electron chi connectivity index (χ3n) is 6.34. The van der Waals surface area contributed by atoms with Gasteiger partial charge in [0, 0.05) is 29.9 Å². The zero-order valence-electron chi connectivity index (χ0n) is 15.6. The van der Waals surface area contributed by atoms with Crippen molar-refractivity contribution in [2.24, 2.45) is 5.41 Å². The number of rotatable bonds is 5. The van der Waals surface area contributed by atoms with Gasteiger partial charge in [-0.05, 0) is 45.1 Å². The molecule has 2 bridgehead atoms. The normalized spacial score (nSPS) is 27.3. The summed E-state index contributed by atoms with van der Waals surface area (Å²) in [5.41, 5.74) is 0.656. The number of hydrogen-bond donors (Lipinski definition) is 3. The number of nitrogens with zero attached hydrogens (tertiary/aromatic N) is 1. The molecule has 2 fully saturated rings. The van der Waals surface area contributed by atoms with Gasteiger partial charge in [-0.2, -0.15) is 0 Å². The molecule has 2 saturated heterocycles. The predicted octanol–water partition coefficient (Wildman–Crippen LogP) is 2.18. The maximum absolute atomic E-state index is 12.9. The first kappa shape index (κ1) is 17.7. The number of fused-ring (bicyclic) bond motifs is 3. The van der Waals surface area contributed by atoms with E-state index in [2.05, 4.69) is 27.5 Å². The Morgan fingerprint density at radius 1 is 1.38 bits per heavy atom. The fourth-order valence-electron chi connectivity index (χ4n) is 4.69. The Kier molecular flexibility index (Phi) is 4.39. The molecule has 1 amide bonds. The molecule has 2 aromatic heterocycles. The van der Waals surface area contributed by atoms with Crippen molar-refractivity contribution in [2.45, 2.75) is 65.0 Å². The molecule has 2 aromatic rings. The Morgan fingerprint density at radius 2 is 2.19 bits per heavy atom. The Labute approximate surface area is 156 Å². The summed E-state index contributed by atoms with van der Waals surface area (Å²) < 4.78 is 0. The lowest BCUT2D eigenvalue weighted by atomic mass is 9.71. The van der Waals surface area contributed by atoms with Crippen LogP contribution in [-0.2, 0) is 11.2 Å². The van der Waals surface area contributed by atoms with Gasteiger partial charge in [0.1, 0.15) is 10.7 Å². The van der Waals surface area contributed by atoms with Crippen LogP contribution < -0.4 is 16.2 Å². The van der Waals surface area contributed by atoms with Crippen LogP contribution in [-0.4, -0.2) is 34.5 Å². The fraction of sp³-hybridized carbons (Fsp3) is 0.632. The van der Waals surface area contributed by atoms with Gasteiger partial charge in [0.25, 0.3) is 5.56 Å². The van der Waals surface area contributed by atoms with E-state index in [-0.39, 0.29) is 16.9 Å². The van der Waals surface area contributed by atoms with E-state index in [0.29, 0.717) is 36.3 Å². The molecule has 0 unspecified atom stereocenters. The van der Waals surface area contributed by atoms with Crippen LogP contribution in [0.4, 0.5) is 0 Å². The second kappa shape index (κ2) is 6.46. The number of hydrogen-bond acceptors (Lipinski definition) is 5. The molecule has 2 aliphatic heterocycles. The highest BCUT2D eigenvalue weighted by atomic mass is 32.1. The van der Waals surface area contributed by atoms with Gasteiger partial charge in [-0.1, -0.05) is 6.92 Å². The second-order valence-electron chi connectivity index (χ2n) is 7.69. The number of aromatic amines is 1. The lowest BCUT2D eigenvalue weighted by molar-refractivity contribution is -0.132. The zero-order valence-corrected chi connectivity index (χ0v) is 16.4. The number of nitrogens with one attached hydrogen (secondary N) is 3. The van der Waals surface area contributed by atoms with E-state index in [1.807, 2.05) is 13.8 Å². The van der Waals surface area contributed by atoms with Gasteiger partial charge in [0.2, 0.25) is 5.91 Å². The van der Waals surface area contributed by atoms with E-state index in [1.165, 1.54) is 6.42 Å². The topological polar surface area (TPSA) is 86.9 Å². The second-order valence-corrected chi connectivity index (χ2v) is 8.89. The van der Waals surface area contributed by atoms with Gasteiger partial charge in [-0.25, -0.2) is 4.98 Å². The van der Waals surface area contributed by atoms with E-state index in [4.69, 9.17) is 0 Å². The highest BCUT2D eigenvalue weighted by molar-refractivity contribution is 7.18. The van der Waals surface area contributed by atoms with E-state index in [0.717, 1.165) is 34.5 Å². The molecular formula is C19H26N4O2S. The maximum atomic E-state index is 12.9.